The lowest BCUT2D eigenvalue weighted by Gasteiger charge is -2.29. The first-order valence-corrected chi connectivity index (χ1v) is 7.93. The molecular weight excluding hydrogens is 298 g/mol. The van der Waals surface area contributed by atoms with E-state index in [2.05, 4.69) is 23.5 Å². The minimum absolute atomic E-state index is 0.158. The molecule has 2 aromatic carbocycles. The van der Waals surface area contributed by atoms with Crippen molar-refractivity contribution in [1.82, 2.24) is 5.32 Å². The van der Waals surface area contributed by atoms with E-state index in [9.17, 15) is 0 Å². The van der Waals surface area contributed by atoms with Crippen LogP contribution in [-0.4, -0.2) is 20.3 Å². The zero-order valence-electron chi connectivity index (χ0n) is 12.9. The second kappa shape index (κ2) is 6.59. The standard InChI is InChI=1S/C18H20ClNO2/c1-3-22-18-15-10-11-20-17(12-4-6-13(19)7-5-12)14(15)8-9-16(18)21-2/h4-9,17,20H,3,10-11H2,1-2H3. The van der Waals surface area contributed by atoms with Crippen molar-refractivity contribution in [2.45, 2.75) is 19.4 Å². The molecule has 0 aliphatic carbocycles. The largest absolute Gasteiger partial charge is 0.493 e. The van der Waals surface area contributed by atoms with E-state index >= 15 is 0 Å². The maximum atomic E-state index is 6.00. The number of rotatable bonds is 4. The predicted molar refractivity (Wildman–Crippen MR) is 89.2 cm³/mol. The first-order valence-electron chi connectivity index (χ1n) is 7.56. The first-order chi connectivity index (χ1) is 10.7. The number of hydrogen-bond acceptors (Lipinski definition) is 3. The Kier molecular flexibility index (Phi) is 4.55. The first kappa shape index (κ1) is 15.2. The van der Waals surface area contributed by atoms with Crippen LogP contribution in [0.3, 0.4) is 0 Å². The SMILES string of the molecule is CCOc1c(OC)ccc2c1CCNC2c1ccc(Cl)cc1. The highest BCUT2D eigenvalue weighted by Crippen LogP contribution is 2.40. The summed E-state index contributed by atoms with van der Waals surface area (Å²) >= 11 is 6.00. The number of nitrogens with one attached hydrogen (secondary N) is 1. The van der Waals surface area contributed by atoms with Crippen LogP contribution in [0.25, 0.3) is 0 Å². The normalized spacial score (nSPS) is 17.0. The fraction of sp³-hybridized carbons (Fsp3) is 0.333. The van der Waals surface area contributed by atoms with Gasteiger partial charge >= 0.3 is 0 Å². The highest BCUT2D eigenvalue weighted by atomic mass is 35.5. The molecule has 0 amide bonds. The lowest BCUT2D eigenvalue weighted by molar-refractivity contribution is 0.305. The molecule has 3 nitrogen and oxygen atoms in total. The molecule has 0 bridgehead atoms. The lowest BCUT2D eigenvalue weighted by Crippen LogP contribution is -2.31. The fourth-order valence-corrected chi connectivity index (χ4v) is 3.14. The van der Waals surface area contributed by atoms with Gasteiger partial charge in [-0.05, 0) is 42.7 Å². The van der Waals surface area contributed by atoms with Crippen LogP contribution in [0, 0.1) is 0 Å². The van der Waals surface area contributed by atoms with Crippen LogP contribution >= 0.6 is 11.6 Å². The molecule has 1 unspecified atom stereocenters. The Bertz CT molecular complexity index is 655. The topological polar surface area (TPSA) is 30.5 Å². The molecule has 0 saturated heterocycles. The second-order valence-electron chi connectivity index (χ2n) is 5.29. The van der Waals surface area contributed by atoms with Gasteiger partial charge in [-0.1, -0.05) is 29.8 Å². The molecular formula is C18H20ClNO2. The minimum atomic E-state index is 0.158. The summed E-state index contributed by atoms with van der Waals surface area (Å²) in [6.45, 7) is 3.54. The molecule has 1 N–H and O–H groups in total. The van der Waals surface area contributed by atoms with Crippen LogP contribution in [-0.2, 0) is 6.42 Å². The van der Waals surface area contributed by atoms with Gasteiger partial charge in [0.1, 0.15) is 0 Å². The zero-order valence-corrected chi connectivity index (χ0v) is 13.6. The summed E-state index contributed by atoms with van der Waals surface area (Å²) in [5, 5.41) is 4.33. The smallest absolute Gasteiger partial charge is 0.164 e. The van der Waals surface area contributed by atoms with Crippen molar-refractivity contribution in [1.29, 1.82) is 0 Å². The molecule has 0 saturated carbocycles. The average molecular weight is 318 g/mol. The maximum Gasteiger partial charge on any atom is 0.164 e. The van der Waals surface area contributed by atoms with E-state index in [0.717, 1.165) is 29.5 Å². The molecule has 3 rings (SSSR count). The zero-order chi connectivity index (χ0) is 15.5. The van der Waals surface area contributed by atoms with E-state index < -0.39 is 0 Å². The molecule has 4 heteroatoms. The van der Waals surface area contributed by atoms with Gasteiger partial charge < -0.3 is 14.8 Å². The third-order valence-electron chi connectivity index (χ3n) is 4.01. The number of halogens is 1. The molecule has 116 valence electrons. The lowest BCUT2D eigenvalue weighted by atomic mass is 9.89. The van der Waals surface area contributed by atoms with Crippen LogP contribution in [0.5, 0.6) is 11.5 Å². The molecule has 0 fully saturated rings. The summed E-state index contributed by atoms with van der Waals surface area (Å²) in [7, 11) is 1.68. The van der Waals surface area contributed by atoms with E-state index in [4.69, 9.17) is 21.1 Å². The third-order valence-corrected chi connectivity index (χ3v) is 4.26. The monoisotopic (exact) mass is 317 g/mol. The Morgan fingerprint density at radius 2 is 1.95 bits per heavy atom. The maximum absolute atomic E-state index is 6.00. The molecule has 22 heavy (non-hydrogen) atoms. The van der Waals surface area contributed by atoms with Crippen LogP contribution in [0.2, 0.25) is 5.02 Å². The van der Waals surface area contributed by atoms with Gasteiger partial charge in [-0.25, -0.2) is 0 Å². The molecule has 1 aliphatic heterocycles. The summed E-state index contributed by atoms with van der Waals surface area (Å²) in [5.41, 5.74) is 3.69. The molecule has 0 radical (unpaired) electrons. The number of benzene rings is 2. The molecule has 1 aliphatic rings. The highest BCUT2D eigenvalue weighted by molar-refractivity contribution is 6.30. The van der Waals surface area contributed by atoms with E-state index in [-0.39, 0.29) is 6.04 Å². The number of methoxy groups -OCH3 is 1. The molecule has 0 spiro atoms. The second-order valence-corrected chi connectivity index (χ2v) is 5.72. The van der Waals surface area contributed by atoms with Crippen molar-refractivity contribution >= 4 is 11.6 Å². The summed E-state index contributed by atoms with van der Waals surface area (Å²) in [6, 6.07) is 12.3. The Morgan fingerprint density at radius 3 is 2.64 bits per heavy atom. The molecule has 1 heterocycles. The van der Waals surface area contributed by atoms with Gasteiger partial charge in [-0.2, -0.15) is 0 Å². The highest BCUT2D eigenvalue weighted by Gasteiger charge is 2.25. The number of fused-ring (bicyclic) bond motifs is 1. The van der Waals surface area contributed by atoms with Gasteiger partial charge in [0.2, 0.25) is 0 Å². The van der Waals surface area contributed by atoms with Crippen molar-refractivity contribution in [3.8, 4) is 11.5 Å². The van der Waals surface area contributed by atoms with Gasteiger partial charge in [0.15, 0.2) is 11.5 Å². The molecule has 1 atom stereocenters. The van der Waals surface area contributed by atoms with Gasteiger partial charge in [-0.15, -0.1) is 0 Å². The summed E-state index contributed by atoms with van der Waals surface area (Å²) in [6.07, 6.45) is 0.936. The van der Waals surface area contributed by atoms with Crippen molar-refractivity contribution in [3.63, 3.8) is 0 Å². The summed E-state index contributed by atoms with van der Waals surface area (Å²) in [4.78, 5) is 0. The van der Waals surface area contributed by atoms with Crippen LogP contribution in [0.15, 0.2) is 36.4 Å². The Morgan fingerprint density at radius 1 is 1.18 bits per heavy atom. The number of hydrogen-bond donors (Lipinski definition) is 1. The van der Waals surface area contributed by atoms with Crippen molar-refractivity contribution in [3.05, 3.63) is 58.1 Å². The van der Waals surface area contributed by atoms with Crippen LogP contribution in [0.4, 0.5) is 0 Å². The van der Waals surface area contributed by atoms with Gasteiger partial charge in [0.05, 0.1) is 19.8 Å². The van der Waals surface area contributed by atoms with E-state index in [0.29, 0.717) is 6.61 Å². The van der Waals surface area contributed by atoms with Crippen LogP contribution in [0.1, 0.15) is 29.7 Å². The van der Waals surface area contributed by atoms with Crippen molar-refractivity contribution < 1.29 is 9.47 Å². The van der Waals surface area contributed by atoms with E-state index in [1.54, 1.807) is 7.11 Å². The minimum Gasteiger partial charge on any atom is -0.493 e. The van der Waals surface area contributed by atoms with Crippen LogP contribution < -0.4 is 14.8 Å². The van der Waals surface area contributed by atoms with Gasteiger partial charge in [0, 0.05) is 17.1 Å². The van der Waals surface area contributed by atoms with Crippen molar-refractivity contribution in [2.75, 3.05) is 20.3 Å². The van der Waals surface area contributed by atoms with E-state index in [1.165, 1.54) is 16.7 Å². The van der Waals surface area contributed by atoms with E-state index in [1.807, 2.05) is 25.1 Å². The quantitative estimate of drug-likeness (QED) is 0.925. The Hall–Kier alpha value is -1.71. The van der Waals surface area contributed by atoms with Gasteiger partial charge in [-0.3, -0.25) is 0 Å². The van der Waals surface area contributed by atoms with Gasteiger partial charge in [0.25, 0.3) is 0 Å². The molecule has 0 aromatic heterocycles. The van der Waals surface area contributed by atoms with Crippen molar-refractivity contribution in [2.24, 2.45) is 0 Å². The summed E-state index contributed by atoms with van der Waals surface area (Å²) in [5.74, 6) is 1.68. The average Bonchev–Trinajstić information content (AvgIpc) is 2.55. The fourth-order valence-electron chi connectivity index (χ4n) is 3.02. The number of ether oxygens (including phenoxy) is 2. The third kappa shape index (κ3) is 2.79. The summed E-state index contributed by atoms with van der Waals surface area (Å²) < 4.78 is 11.3. The Balaban J connectivity index is 2.06. The predicted octanol–water partition coefficient (Wildman–Crippen LogP) is 3.98. The Labute approximate surface area is 136 Å². The molecule has 2 aromatic rings.